The Bertz CT molecular complexity index is 716. The van der Waals surface area contributed by atoms with Crippen LogP contribution >= 0.6 is 34.7 Å². The first-order valence-corrected chi connectivity index (χ1v) is 8.40. The summed E-state index contributed by atoms with van der Waals surface area (Å²) in [6, 6.07) is 7.68. The molecule has 7 heteroatoms. The van der Waals surface area contributed by atoms with Gasteiger partial charge in [0.2, 0.25) is 5.91 Å². The van der Waals surface area contributed by atoms with E-state index in [-0.39, 0.29) is 16.3 Å². The van der Waals surface area contributed by atoms with Crippen LogP contribution in [0.25, 0.3) is 0 Å². The average Bonchev–Trinajstić information content (AvgIpc) is 2.95. The molecule has 108 valence electrons. The zero-order chi connectivity index (χ0) is 15.0. The number of thiazole rings is 1. The molecule has 1 atom stereocenters. The molecule has 2 aromatic rings. The number of thioether (sulfide) groups is 1. The molecule has 1 aromatic carbocycles. The highest BCUT2D eigenvalue weighted by Gasteiger charge is 2.36. The largest absolute Gasteiger partial charge is 0.278 e. The molecule has 1 aromatic heterocycles. The molecule has 2 heterocycles. The first-order valence-electron chi connectivity index (χ1n) is 6.33. The molecule has 0 bridgehead atoms. The van der Waals surface area contributed by atoms with E-state index in [9.17, 15) is 4.79 Å². The van der Waals surface area contributed by atoms with Crippen molar-refractivity contribution >= 4 is 50.9 Å². The van der Waals surface area contributed by atoms with E-state index >= 15 is 0 Å². The molecule has 1 saturated heterocycles. The van der Waals surface area contributed by atoms with Crippen LogP contribution in [0.2, 0.25) is 5.02 Å². The Morgan fingerprint density at radius 2 is 2.29 bits per heavy atom. The van der Waals surface area contributed by atoms with Gasteiger partial charge in [0.25, 0.3) is 0 Å². The van der Waals surface area contributed by atoms with Gasteiger partial charge in [0.1, 0.15) is 0 Å². The fourth-order valence-corrected chi connectivity index (χ4v) is 4.11. The van der Waals surface area contributed by atoms with Crippen LogP contribution in [-0.4, -0.2) is 21.3 Å². The number of aromatic nitrogens is 1. The van der Waals surface area contributed by atoms with Crippen molar-refractivity contribution in [1.82, 2.24) is 4.98 Å². The smallest absolute Gasteiger partial charge is 0.248 e. The summed E-state index contributed by atoms with van der Waals surface area (Å²) in [5.41, 5.74) is 1.10. The fourth-order valence-electron chi connectivity index (χ4n) is 2.06. The number of rotatable bonds is 3. The van der Waals surface area contributed by atoms with Crippen molar-refractivity contribution in [3.05, 3.63) is 45.9 Å². The molecule has 0 radical (unpaired) electrons. The molecular weight excluding hydrogens is 326 g/mol. The van der Waals surface area contributed by atoms with Gasteiger partial charge in [-0.1, -0.05) is 35.5 Å². The lowest BCUT2D eigenvalue weighted by Gasteiger charge is -2.10. The minimum absolute atomic E-state index is 0.0753. The normalized spacial score (nSPS) is 18.6. The third kappa shape index (κ3) is 2.97. The quantitative estimate of drug-likeness (QED) is 0.927. The van der Waals surface area contributed by atoms with Crippen LogP contribution < -0.4 is 4.90 Å². The number of halogens is 1. The van der Waals surface area contributed by atoms with E-state index in [1.54, 1.807) is 6.20 Å². The van der Waals surface area contributed by atoms with Gasteiger partial charge >= 0.3 is 0 Å². The first kappa shape index (κ1) is 14.6. The van der Waals surface area contributed by atoms with E-state index in [4.69, 9.17) is 17.0 Å². The molecule has 4 nitrogen and oxygen atoms in total. The molecular formula is C14H12ClN3OS2. The minimum atomic E-state index is -0.210. The maximum atomic E-state index is 12.0. The summed E-state index contributed by atoms with van der Waals surface area (Å²) in [6.45, 7) is 1.81. The maximum absolute atomic E-state index is 12.0. The molecule has 1 N–H and O–H groups in total. The lowest BCUT2D eigenvalue weighted by Crippen LogP contribution is -2.30. The highest BCUT2D eigenvalue weighted by Crippen LogP contribution is 2.33. The van der Waals surface area contributed by atoms with Crippen molar-refractivity contribution in [3.8, 4) is 0 Å². The van der Waals surface area contributed by atoms with Gasteiger partial charge in [0.15, 0.2) is 10.3 Å². The minimum Gasteiger partial charge on any atom is -0.278 e. The van der Waals surface area contributed by atoms with Crippen LogP contribution in [0, 0.1) is 5.41 Å². The number of benzene rings is 1. The molecule has 3 rings (SSSR count). The van der Waals surface area contributed by atoms with Crippen LogP contribution in [0.1, 0.15) is 17.4 Å². The number of hydrogen-bond acceptors (Lipinski definition) is 5. The monoisotopic (exact) mass is 337 g/mol. The highest BCUT2D eigenvalue weighted by atomic mass is 35.5. The Kier molecular flexibility index (Phi) is 4.01. The van der Waals surface area contributed by atoms with Crippen molar-refractivity contribution in [2.45, 2.75) is 18.6 Å². The van der Waals surface area contributed by atoms with Crippen molar-refractivity contribution < 1.29 is 4.79 Å². The van der Waals surface area contributed by atoms with E-state index in [0.29, 0.717) is 10.2 Å². The van der Waals surface area contributed by atoms with E-state index in [1.807, 2.05) is 31.2 Å². The predicted octanol–water partition coefficient (Wildman–Crippen LogP) is 3.79. The molecule has 0 aliphatic carbocycles. The number of amides is 1. The molecule has 1 amide bonds. The molecule has 21 heavy (non-hydrogen) atoms. The Morgan fingerprint density at radius 3 is 2.95 bits per heavy atom. The van der Waals surface area contributed by atoms with E-state index in [1.165, 1.54) is 28.0 Å². The third-order valence-electron chi connectivity index (χ3n) is 3.06. The van der Waals surface area contributed by atoms with Crippen molar-refractivity contribution in [3.63, 3.8) is 0 Å². The fraction of sp³-hybridized carbons (Fsp3) is 0.214. The predicted molar refractivity (Wildman–Crippen MR) is 88.6 cm³/mol. The Labute approximate surface area is 135 Å². The zero-order valence-electron chi connectivity index (χ0n) is 11.2. The number of amidine groups is 1. The summed E-state index contributed by atoms with van der Waals surface area (Å²) in [5.74, 6) is -0.0753. The standard InChI is InChI=1S/C14H12ClN3OS2/c1-8-12(19)18(13(16)20-8)14-17-7-11(21-14)6-9-3-2-4-10(15)5-9/h2-5,7-8,16H,6H2,1H3/t8-/m0/s1. The first-order chi connectivity index (χ1) is 10.0. The maximum Gasteiger partial charge on any atom is 0.248 e. The molecule has 1 aliphatic heterocycles. The van der Waals surface area contributed by atoms with Gasteiger partial charge < -0.3 is 0 Å². The third-order valence-corrected chi connectivity index (χ3v) is 5.24. The van der Waals surface area contributed by atoms with Crippen molar-refractivity contribution in [2.24, 2.45) is 0 Å². The average molecular weight is 338 g/mol. The Balaban J connectivity index is 1.81. The second-order valence-electron chi connectivity index (χ2n) is 4.65. The summed E-state index contributed by atoms with van der Waals surface area (Å²) >= 11 is 8.67. The van der Waals surface area contributed by atoms with Gasteiger partial charge in [-0.3, -0.25) is 10.2 Å². The van der Waals surface area contributed by atoms with Gasteiger partial charge in [0.05, 0.1) is 5.25 Å². The summed E-state index contributed by atoms with van der Waals surface area (Å²) in [6.07, 6.45) is 2.48. The number of hydrogen-bond donors (Lipinski definition) is 1. The second-order valence-corrected chi connectivity index (χ2v) is 7.51. The summed E-state index contributed by atoms with van der Waals surface area (Å²) < 4.78 is 0. The number of anilines is 1. The number of nitrogens with zero attached hydrogens (tertiary/aromatic N) is 2. The van der Waals surface area contributed by atoms with E-state index < -0.39 is 0 Å². The Hall–Kier alpha value is -1.37. The van der Waals surface area contributed by atoms with Crippen LogP contribution in [0.4, 0.5) is 5.13 Å². The lowest BCUT2D eigenvalue weighted by molar-refractivity contribution is -0.116. The molecule has 1 fully saturated rings. The van der Waals surface area contributed by atoms with Gasteiger partial charge in [-0.15, -0.1) is 11.3 Å². The molecule has 0 spiro atoms. The van der Waals surface area contributed by atoms with Gasteiger partial charge in [-0.2, -0.15) is 0 Å². The van der Waals surface area contributed by atoms with Gasteiger partial charge in [0, 0.05) is 22.5 Å². The Morgan fingerprint density at radius 1 is 1.48 bits per heavy atom. The van der Waals surface area contributed by atoms with Crippen LogP contribution in [0.3, 0.4) is 0 Å². The van der Waals surface area contributed by atoms with Crippen molar-refractivity contribution in [1.29, 1.82) is 5.41 Å². The number of carbonyl (C=O) groups is 1. The van der Waals surface area contributed by atoms with Gasteiger partial charge in [-0.25, -0.2) is 9.88 Å². The molecule has 1 aliphatic rings. The van der Waals surface area contributed by atoms with E-state index in [0.717, 1.165) is 16.9 Å². The van der Waals surface area contributed by atoms with Crippen LogP contribution in [-0.2, 0) is 11.2 Å². The summed E-state index contributed by atoms with van der Waals surface area (Å²) in [5, 5.41) is 9.19. The number of nitrogens with one attached hydrogen (secondary N) is 1. The molecule has 0 saturated carbocycles. The molecule has 0 unspecified atom stereocenters. The summed E-state index contributed by atoms with van der Waals surface area (Å²) in [4.78, 5) is 18.8. The summed E-state index contributed by atoms with van der Waals surface area (Å²) in [7, 11) is 0. The second kappa shape index (κ2) is 5.79. The van der Waals surface area contributed by atoms with Gasteiger partial charge in [-0.05, 0) is 24.6 Å². The van der Waals surface area contributed by atoms with Crippen LogP contribution in [0.15, 0.2) is 30.5 Å². The highest BCUT2D eigenvalue weighted by molar-refractivity contribution is 8.16. The topological polar surface area (TPSA) is 57.1 Å². The van der Waals surface area contributed by atoms with E-state index in [2.05, 4.69) is 4.98 Å². The van der Waals surface area contributed by atoms with Crippen molar-refractivity contribution in [2.75, 3.05) is 4.90 Å². The zero-order valence-corrected chi connectivity index (χ0v) is 13.6. The SMILES string of the molecule is C[C@@H]1SC(=N)N(c2ncc(Cc3cccc(Cl)c3)s2)C1=O. The number of carbonyl (C=O) groups excluding carboxylic acids is 1. The van der Waals surface area contributed by atoms with Crippen LogP contribution in [0.5, 0.6) is 0 Å². The lowest BCUT2D eigenvalue weighted by atomic mass is 10.1.